The predicted octanol–water partition coefficient (Wildman–Crippen LogP) is 2.98. The summed E-state index contributed by atoms with van der Waals surface area (Å²) in [6.07, 6.45) is 3.12. The number of ether oxygens (including phenoxy) is 1. The van der Waals surface area contributed by atoms with Gasteiger partial charge < -0.3 is 15.2 Å². The Labute approximate surface area is 126 Å². The van der Waals surface area contributed by atoms with Crippen LogP contribution in [0.25, 0.3) is 0 Å². The molecule has 0 spiro atoms. The van der Waals surface area contributed by atoms with E-state index in [1.165, 1.54) is 31.4 Å². The van der Waals surface area contributed by atoms with Crippen LogP contribution in [0.4, 0.5) is 4.39 Å². The summed E-state index contributed by atoms with van der Waals surface area (Å²) in [5.41, 5.74) is 0. The predicted molar refractivity (Wildman–Crippen MR) is 81.9 cm³/mol. The van der Waals surface area contributed by atoms with Gasteiger partial charge in [0.15, 0.2) is 0 Å². The second-order valence-electron chi connectivity index (χ2n) is 6.33. The lowest BCUT2D eigenvalue weighted by Crippen LogP contribution is -2.43. The Morgan fingerprint density at radius 3 is 2.67 bits per heavy atom. The Morgan fingerprint density at radius 1 is 1.29 bits per heavy atom. The lowest BCUT2D eigenvalue weighted by molar-refractivity contribution is 0.0964. The average molecular weight is 295 g/mol. The topological polar surface area (TPSA) is 41.5 Å². The van der Waals surface area contributed by atoms with Crippen LogP contribution in [0.15, 0.2) is 24.3 Å². The summed E-state index contributed by atoms with van der Waals surface area (Å²) < 4.78 is 18.2. The van der Waals surface area contributed by atoms with Gasteiger partial charge in [-0.1, -0.05) is 13.8 Å². The molecule has 4 atom stereocenters. The van der Waals surface area contributed by atoms with Crippen LogP contribution in [0, 0.1) is 17.7 Å². The van der Waals surface area contributed by atoms with Crippen molar-refractivity contribution in [2.45, 2.75) is 45.3 Å². The van der Waals surface area contributed by atoms with E-state index in [0.717, 1.165) is 5.92 Å². The molecule has 1 aromatic carbocycles. The van der Waals surface area contributed by atoms with Crippen molar-refractivity contribution in [3.8, 4) is 5.75 Å². The molecular weight excluding hydrogens is 269 g/mol. The molecule has 1 aliphatic carbocycles. The lowest BCUT2D eigenvalue weighted by Gasteiger charge is -2.33. The Bertz CT molecular complexity index is 423. The molecule has 0 amide bonds. The molecule has 3 nitrogen and oxygen atoms in total. The van der Waals surface area contributed by atoms with E-state index in [0.29, 0.717) is 24.3 Å². The second kappa shape index (κ2) is 7.76. The van der Waals surface area contributed by atoms with Gasteiger partial charge in [-0.05, 0) is 55.4 Å². The molecular formula is C17H26FNO2. The number of aliphatic hydroxyl groups is 1. The summed E-state index contributed by atoms with van der Waals surface area (Å²) in [5.74, 6) is 1.75. The monoisotopic (exact) mass is 295 g/mol. The number of hydrogen-bond acceptors (Lipinski definition) is 3. The average Bonchev–Trinajstić information content (AvgIpc) is 2.46. The van der Waals surface area contributed by atoms with Crippen LogP contribution < -0.4 is 10.1 Å². The van der Waals surface area contributed by atoms with Crippen LogP contribution >= 0.6 is 0 Å². The fraction of sp³-hybridized carbons (Fsp3) is 0.647. The molecule has 1 aromatic rings. The fourth-order valence-electron chi connectivity index (χ4n) is 3.04. The van der Waals surface area contributed by atoms with E-state index in [-0.39, 0.29) is 12.4 Å². The van der Waals surface area contributed by atoms with Crippen molar-refractivity contribution >= 4 is 0 Å². The molecule has 0 aromatic heterocycles. The third-order valence-electron chi connectivity index (χ3n) is 4.30. The quantitative estimate of drug-likeness (QED) is 0.848. The van der Waals surface area contributed by atoms with E-state index in [1.54, 1.807) is 12.1 Å². The number of rotatable bonds is 6. The zero-order chi connectivity index (χ0) is 15.2. The van der Waals surface area contributed by atoms with Crippen LogP contribution in [-0.4, -0.2) is 30.4 Å². The van der Waals surface area contributed by atoms with E-state index in [4.69, 9.17) is 4.74 Å². The van der Waals surface area contributed by atoms with Gasteiger partial charge in [-0.15, -0.1) is 0 Å². The fourth-order valence-corrected chi connectivity index (χ4v) is 3.04. The summed E-state index contributed by atoms with van der Waals surface area (Å²) in [6.45, 7) is 5.33. The molecule has 0 radical (unpaired) electrons. The Kier molecular flexibility index (Phi) is 6.00. The maximum atomic E-state index is 12.8. The molecule has 0 saturated heterocycles. The van der Waals surface area contributed by atoms with E-state index < -0.39 is 6.10 Å². The van der Waals surface area contributed by atoms with Crippen LogP contribution in [0.2, 0.25) is 0 Å². The molecule has 1 saturated carbocycles. The zero-order valence-electron chi connectivity index (χ0n) is 12.9. The molecule has 2 N–H and O–H groups in total. The smallest absolute Gasteiger partial charge is 0.123 e. The van der Waals surface area contributed by atoms with Gasteiger partial charge in [0.05, 0.1) is 0 Å². The highest BCUT2D eigenvalue weighted by Crippen LogP contribution is 2.28. The number of aliphatic hydroxyl groups excluding tert-OH is 1. The molecule has 118 valence electrons. The van der Waals surface area contributed by atoms with Gasteiger partial charge in [0.1, 0.15) is 24.3 Å². The summed E-state index contributed by atoms with van der Waals surface area (Å²) in [5, 5.41) is 13.4. The Balaban J connectivity index is 1.67. The van der Waals surface area contributed by atoms with Crippen molar-refractivity contribution in [1.82, 2.24) is 5.32 Å². The van der Waals surface area contributed by atoms with E-state index in [1.807, 2.05) is 0 Å². The first kappa shape index (κ1) is 16.2. The number of halogens is 1. The number of nitrogens with one attached hydrogen (secondary N) is 1. The highest BCUT2D eigenvalue weighted by Gasteiger charge is 2.25. The molecule has 4 unspecified atom stereocenters. The van der Waals surface area contributed by atoms with Crippen LogP contribution in [0.5, 0.6) is 5.75 Å². The number of hydrogen-bond donors (Lipinski definition) is 2. The standard InChI is InChI=1S/C17H26FNO2/c1-12-3-8-17(13(2)9-12)19-10-15(20)11-21-16-6-4-14(18)5-7-16/h4-7,12-13,15,17,19-20H,3,8-11H2,1-2H3. The zero-order valence-corrected chi connectivity index (χ0v) is 12.9. The van der Waals surface area contributed by atoms with Crippen LogP contribution in [0.1, 0.15) is 33.1 Å². The van der Waals surface area contributed by atoms with Gasteiger partial charge in [-0.3, -0.25) is 0 Å². The minimum Gasteiger partial charge on any atom is -0.491 e. The van der Waals surface area contributed by atoms with E-state index >= 15 is 0 Å². The first-order chi connectivity index (χ1) is 10.0. The van der Waals surface area contributed by atoms with Gasteiger partial charge in [-0.25, -0.2) is 4.39 Å². The lowest BCUT2D eigenvalue weighted by atomic mass is 9.80. The van der Waals surface area contributed by atoms with Crippen molar-refractivity contribution in [3.05, 3.63) is 30.1 Å². The third-order valence-corrected chi connectivity index (χ3v) is 4.30. The molecule has 1 aliphatic rings. The molecule has 0 bridgehead atoms. The number of benzene rings is 1. The van der Waals surface area contributed by atoms with Crippen molar-refractivity contribution in [3.63, 3.8) is 0 Å². The molecule has 0 heterocycles. The SMILES string of the molecule is CC1CCC(NCC(O)COc2ccc(F)cc2)C(C)C1. The Hall–Kier alpha value is -1.13. The van der Waals surface area contributed by atoms with Crippen LogP contribution in [0.3, 0.4) is 0 Å². The maximum Gasteiger partial charge on any atom is 0.123 e. The van der Waals surface area contributed by atoms with Crippen molar-refractivity contribution in [2.75, 3.05) is 13.2 Å². The minimum absolute atomic E-state index is 0.218. The van der Waals surface area contributed by atoms with Crippen molar-refractivity contribution in [2.24, 2.45) is 11.8 Å². The highest BCUT2D eigenvalue weighted by atomic mass is 19.1. The second-order valence-corrected chi connectivity index (χ2v) is 6.33. The van der Waals surface area contributed by atoms with Crippen molar-refractivity contribution < 1.29 is 14.2 Å². The van der Waals surface area contributed by atoms with Crippen molar-refractivity contribution in [1.29, 1.82) is 0 Å². The van der Waals surface area contributed by atoms with Gasteiger partial charge in [0.25, 0.3) is 0 Å². The van der Waals surface area contributed by atoms with Gasteiger partial charge in [0, 0.05) is 12.6 Å². The largest absolute Gasteiger partial charge is 0.491 e. The van der Waals surface area contributed by atoms with Crippen LogP contribution in [-0.2, 0) is 0 Å². The van der Waals surface area contributed by atoms with E-state index in [9.17, 15) is 9.50 Å². The highest BCUT2D eigenvalue weighted by molar-refractivity contribution is 5.22. The van der Waals surface area contributed by atoms with Gasteiger partial charge >= 0.3 is 0 Å². The summed E-state index contributed by atoms with van der Waals surface area (Å²) in [4.78, 5) is 0. The van der Waals surface area contributed by atoms with Gasteiger partial charge in [-0.2, -0.15) is 0 Å². The van der Waals surface area contributed by atoms with Gasteiger partial charge in [0.2, 0.25) is 0 Å². The Morgan fingerprint density at radius 2 is 2.00 bits per heavy atom. The summed E-state index contributed by atoms with van der Waals surface area (Å²) >= 11 is 0. The normalized spacial score (nSPS) is 27.3. The first-order valence-corrected chi connectivity index (χ1v) is 7.84. The maximum absolute atomic E-state index is 12.8. The summed E-state index contributed by atoms with van der Waals surface area (Å²) in [7, 11) is 0. The molecule has 21 heavy (non-hydrogen) atoms. The van der Waals surface area contributed by atoms with E-state index in [2.05, 4.69) is 19.2 Å². The third kappa shape index (κ3) is 5.29. The first-order valence-electron chi connectivity index (χ1n) is 7.84. The summed E-state index contributed by atoms with van der Waals surface area (Å²) in [6, 6.07) is 6.33. The molecule has 4 heteroatoms. The minimum atomic E-state index is -0.554. The molecule has 1 fully saturated rings. The molecule has 2 rings (SSSR count). The molecule has 0 aliphatic heterocycles.